The second kappa shape index (κ2) is 6.36. The molecule has 6 nitrogen and oxygen atoms in total. The van der Waals surface area contributed by atoms with Gasteiger partial charge in [-0.15, -0.1) is 0 Å². The van der Waals surface area contributed by atoms with Crippen LogP contribution in [0.4, 0.5) is 0 Å². The van der Waals surface area contributed by atoms with Crippen LogP contribution in [0, 0.1) is 5.92 Å². The van der Waals surface area contributed by atoms with Crippen molar-refractivity contribution in [2.45, 2.75) is 19.8 Å². The molecule has 1 fully saturated rings. The van der Waals surface area contributed by atoms with Crippen molar-refractivity contribution in [1.82, 2.24) is 15.2 Å². The van der Waals surface area contributed by atoms with Gasteiger partial charge in [-0.25, -0.2) is 0 Å². The molecule has 0 saturated carbocycles. The lowest BCUT2D eigenvalue weighted by Crippen LogP contribution is -2.43. The zero-order valence-electron chi connectivity index (χ0n) is 11.5. The SMILES string of the molecule is CCNC(=O)C1CCN(C(=O)c2cccc(=O)[nH]2)CC1. The van der Waals surface area contributed by atoms with E-state index in [-0.39, 0.29) is 23.3 Å². The van der Waals surface area contributed by atoms with Crippen LogP contribution in [-0.2, 0) is 4.79 Å². The lowest BCUT2D eigenvalue weighted by Gasteiger charge is -2.31. The molecule has 2 amide bonds. The second-order valence-electron chi connectivity index (χ2n) is 4.89. The van der Waals surface area contributed by atoms with Gasteiger partial charge in [-0.2, -0.15) is 0 Å². The molecule has 0 atom stereocenters. The molecule has 0 radical (unpaired) electrons. The van der Waals surface area contributed by atoms with E-state index in [1.54, 1.807) is 17.0 Å². The highest BCUT2D eigenvalue weighted by Gasteiger charge is 2.27. The number of aromatic amines is 1. The van der Waals surface area contributed by atoms with Gasteiger partial charge in [-0.3, -0.25) is 14.4 Å². The van der Waals surface area contributed by atoms with E-state index in [1.807, 2.05) is 6.92 Å². The highest BCUT2D eigenvalue weighted by molar-refractivity contribution is 5.92. The van der Waals surface area contributed by atoms with Crippen molar-refractivity contribution in [2.24, 2.45) is 5.92 Å². The highest BCUT2D eigenvalue weighted by Crippen LogP contribution is 2.18. The molecular weight excluding hydrogens is 258 g/mol. The number of pyridine rings is 1. The van der Waals surface area contributed by atoms with E-state index in [4.69, 9.17) is 0 Å². The van der Waals surface area contributed by atoms with Gasteiger partial charge in [0.15, 0.2) is 0 Å². The molecule has 1 saturated heterocycles. The molecule has 0 unspecified atom stereocenters. The van der Waals surface area contributed by atoms with E-state index in [0.29, 0.717) is 38.2 Å². The van der Waals surface area contributed by atoms with Gasteiger partial charge in [0.1, 0.15) is 5.69 Å². The number of carbonyl (C=O) groups excluding carboxylic acids is 2. The van der Waals surface area contributed by atoms with Crippen LogP contribution in [0.1, 0.15) is 30.3 Å². The number of nitrogens with zero attached hydrogens (tertiary/aromatic N) is 1. The Bertz CT molecular complexity index is 545. The summed E-state index contributed by atoms with van der Waals surface area (Å²) in [6, 6.07) is 4.53. The Morgan fingerprint density at radius 2 is 2.05 bits per heavy atom. The number of carbonyl (C=O) groups is 2. The minimum absolute atomic E-state index is 0.0196. The quantitative estimate of drug-likeness (QED) is 0.837. The Kier molecular flexibility index (Phi) is 4.55. The summed E-state index contributed by atoms with van der Waals surface area (Å²) in [5, 5.41) is 2.81. The van der Waals surface area contributed by atoms with E-state index in [1.165, 1.54) is 6.07 Å². The lowest BCUT2D eigenvalue weighted by molar-refractivity contribution is -0.126. The van der Waals surface area contributed by atoms with Crippen molar-refractivity contribution in [3.8, 4) is 0 Å². The smallest absolute Gasteiger partial charge is 0.270 e. The standard InChI is InChI=1S/C14H19N3O3/c1-2-15-13(19)10-6-8-17(9-7-10)14(20)11-4-3-5-12(18)16-11/h3-5,10H,2,6-9H2,1H3,(H,15,19)(H,16,18). The third kappa shape index (κ3) is 3.26. The summed E-state index contributed by atoms with van der Waals surface area (Å²) >= 11 is 0. The molecule has 0 aromatic carbocycles. The molecule has 2 rings (SSSR count). The number of hydrogen-bond donors (Lipinski definition) is 2. The van der Waals surface area contributed by atoms with Crippen molar-refractivity contribution in [3.05, 3.63) is 34.2 Å². The van der Waals surface area contributed by atoms with Gasteiger partial charge in [-0.1, -0.05) is 6.07 Å². The highest BCUT2D eigenvalue weighted by atomic mass is 16.2. The third-order valence-electron chi connectivity index (χ3n) is 3.50. The van der Waals surface area contributed by atoms with Crippen LogP contribution in [0.3, 0.4) is 0 Å². The van der Waals surface area contributed by atoms with Crippen molar-refractivity contribution >= 4 is 11.8 Å². The molecule has 0 bridgehead atoms. The Morgan fingerprint density at radius 3 is 2.65 bits per heavy atom. The van der Waals surface area contributed by atoms with E-state index >= 15 is 0 Å². The number of aromatic nitrogens is 1. The van der Waals surface area contributed by atoms with Gasteiger partial charge in [0.2, 0.25) is 11.5 Å². The van der Waals surface area contributed by atoms with Crippen LogP contribution < -0.4 is 10.9 Å². The number of piperidine rings is 1. The predicted octanol–water partition coefficient (Wildman–Crippen LogP) is 0.363. The molecule has 1 aromatic rings. The topological polar surface area (TPSA) is 82.3 Å². The van der Waals surface area contributed by atoms with Crippen molar-refractivity contribution < 1.29 is 9.59 Å². The third-order valence-corrected chi connectivity index (χ3v) is 3.50. The molecule has 2 N–H and O–H groups in total. The monoisotopic (exact) mass is 277 g/mol. The van der Waals surface area contributed by atoms with Gasteiger partial charge in [0.05, 0.1) is 0 Å². The van der Waals surface area contributed by atoms with Gasteiger partial charge in [-0.05, 0) is 25.8 Å². The fourth-order valence-corrected chi connectivity index (χ4v) is 2.41. The van der Waals surface area contributed by atoms with Crippen LogP contribution in [0.2, 0.25) is 0 Å². The molecular formula is C14H19N3O3. The fourth-order valence-electron chi connectivity index (χ4n) is 2.41. The van der Waals surface area contributed by atoms with Crippen LogP contribution >= 0.6 is 0 Å². The molecule has 0 aliphatic carbocycles. The molecule has 1 aliphatic heterocycles. The second-order valence-corrected chi connectivity index (χ2v) is 4.89. The molecule has 1 aliphatic rings. The summed E-state index contributed by atoms with van der Waals surface area (Å²) in [6.45, 7) is 3.60. The molecule has 20 heavy (non-hydrogen) atoms. The Labute approximate surface area is 117 Å². The Hall–Kier alpha value is -2.11. The normalized spacial score (nSPS) is 15.9. The predicted molar refractivity (Wildman–Crippen MR) is 74.4 cm³/mol. The van der Waals surface area contributed by atoms with E-state index in [2.05, 4.69) is 10.3 Å². The number of hydrogen-bond acceptors (Lipinski definition) is 3. The van der Waals surface area contributed by atoms with Gasteiger partial charge >= 0.3 is 0 Å². The largest absolute Gasteiger partial charge is 0.356 e. The Balaban J connectivity index is 1.95. The summed E-state index contributed by atoms with van der Waals surface area (Å²) in [4.78, 5) is 39.4. The number of likely N-dealkylation sites (tertiary alicyclic amines) is 1. The fraction of sp³-hybridized carbons (Fsp3) is 0.500. The molecule has 1 aromatic heterocycles. The average Bonchev–Trinajstić information content (AvgIpc) is 2.47. The molecule has 0 spiro atoms. The van der Waals surface area contributed by atoms with Crippen LogP contribution in [-0.4, -0.2) is 41.3 Å². The Morgan fingerprint density at radius 1 is 1.35 bits per heavy atom. The number of H-pyrrole nitrogens is 1. The van der Waals surface area contributed by atoms with Crippen molar-refractivity contribution in [3.63, 3.8) is 0 Å². The van der Waals surface area contributed by atoms with Crippen LogP contribution in [0.5, 0.6) is 0 Å². The molecule has 108 valence electrons. The molecule has 2 heterocycles. The first kappa shape index (κ1) is 14.3. The minimum Gasteiger partial charge on any atom is -0.356 e. The maximum atomic E-state index is 12.2. The van der Waals surface area contributed by atoms with E-state index < -0.39 is 0 Å². The molecule has 6 heteroatoms. The minimum atomic E-state index is -0.284. The first-order chi connectivity index (χ1) is 9.61. The van der Waals surface area contributed by atoms with Crippen molar-refractivity contribution in [2.75, 3.05) is 19.6 Å². The maximum Gasteiger partial charge on any atom is 0.270 e. The first-order valence-electron chi connectivity index (χ1n) is 6.88. The number of nitrogens with one attached hydrogen (secondary N) is 2. The van der Waals surface area contributed by atoms with Gasteiger partial charge in [0.25, 0.3) is 5.91 Å². The van der Waals surface area contributed by atoms with Crippen LogP contribution in [0.15, 0.2) is 23.0 Å². The van der Waals surface area contributed by atoms with Crippen LogP contribution in [0.25, 0.3) is 0 Å². The summed E-state index contributed by atoms with van der Waals surface area (Å²) in [5.41, 5.74) is 0.0158. The maximum absolute atomic E-state index is 12.2. The lowest BCUT2D eigenvalue weighted by atomic mass is 9.95. The van der Waals surface area contributed by atoms with Crippen molar-refractivity contribution in [1.29, 1.82) is 0 Å². The van der Waals surface area contributed by atoms with E-state index in [9.17, 15) is 14.4 Å². The average molecular weight is 277 g/mol. The zero-order chi connectivity index (χ0) is 14.5. The summed E-state index contributed by atoms with van der Waals surface area (Å²) in [6.07, 6.45) is 1.32. The number of amides is 2. The summed E-state index contributed by atoms with van der Waals surface area (Å²) < 4.78 is 0. The van der Waals surface area contributed by atoms with Gasteiger partial charge < -0.3 is 15.2 Å². The summed E-state index contributed by atoms with van der Waals surface area (Å²) in [5.74, 6) is -0.140. The first-order valence-corrected chi connectivity index (χ1v) is 6.88. The zero-order valence-corrected chi connectivity index (χ0v) is 11.5. The van der Waals surface area contributed by atoms with Gasteiger partial charge in [0, 0.05) is 31.6 Å². The number of rotatable bonds is 3. The summed E-state index contributed by atoms with van der Waals surface area (Å²) in [7, 11) is 0. The van der Waals surface area contributed by atoms with E-state index in [0.717, 1.165) is 0 Å².